The third kappa shape index (κ3) is 5.39. The van der Waals surface area contributed by atoms with Crippen molar-refractivity contribution in [2.45, 2.75) is 19.6 Å². The molecule has 0 aliphatic heterocycles. The topological polar surface area (TPSA) is 80.3 Å². The smallest absolute Gasteiger partial charge is 0.358 e. The SMILES string of the molecule is C[C@@H](OC(=O)c1csc(NCc2ccccc2)n1)C(=O)Nc1ccccc1. The Bertz CT molecular complexity index is 897. The Hall–Kier alpha value is -3.19. The van der Waals surface area contributed by atoms with Crippen molar-refractivity contribution in [2.75, 3.05) is 10.6 Å². The lowest BCUT2D eigenvalue weighted by atomic mass is 10.2. The molecular weight excluding hydrogens is 362 g/mol. The predicted molar refractivity (Wildman–Crippen MR) is 106 cm³/mol. The van der Waals surface area contributed by atoms with Gasteiger partial charge in [0.2, 0.25) is 0 Å². The molecule has 1 amide bonds. The van der Waals surface area contributed by atoms with Crippen LogP contribution in [0.5, 0.6) is 0 Å². The van der Waals surface area contributed by atoms with Crippen LogP contribution in [0.15, 0.2) is 66.0 Å². The van der Waals surface area contributed by atoms with E-state index >= 15 is 0 Å². The molecule has 3 rings (SSSR count). The van der Waals surface area contributed by atoms with Crippen molar-refractivity contribution in [2.24, 2.45) is 0 Å². The van der Waals surface area contributed by atoms with Gasteiger partial charge in [-0.1, -0.05) is 48.5 Å². The molecular formula is C20H19N3O3S. The van der Waals surface area contributed by atoms with Crippen molar-refractivity contribution in [1.82, 2.24) is 4.98 Å². The lowest BCUT2D eigenvalue weighted by molar-refractivity contribution is -0.123. The maximum atomic E-state index is 12.2. The number of thiazole rings is 1. The highest BCUT2D eigenvalue weighted by atomic mass is 32.1. The van der Waals surface area contributed by atoms with Crippen LogP contribution in [0.3, 0.4) is 0 Å². The average molecular weight is 381 g/mol. The molecule has 0 bridgehead atoms. The van der Waals surface area contributed by atoms with Crippen molar-refractivity contribution in [1.29, 1.82) is 0 Å². The number of para-hydroxylation sites is 1. The van der Waals surface area contributed by atoms with Crippen LogP contribution < -0.4 is 10.6 Å². The summed E-state index contributed by atoms with van der Waals surface area (Å²) in [7, 11) is 0. The van der Waals surface area contributed by atoms with E-state index in [0.29, 0.717) is 17.4 Å². The molecule has 2 N–H and O–H groups in total. The number of hydrogen-bond acceptors (Lipinski definition) is 6. The summed E-state index contributed by atoms with van der Waals surface area (Å²) in [6.07, 6.45) is -0.930. The predicted octanol–water partition coefficient (Wildman–Crippen LogP) is 3.94. The normalized spacial score (nSPS) is 11.4. The van der Waals surface area contributed by atoms with Gasteiger partial charge < -0.3 is 15.4 Å². The molecule has 2 aromatic carbocycles. The first-order valence-electron chi connectivity index (χ1n) is 8.42. The van der Waals surface area contributed by atoms with Crippen LogP contribution in [0.1, 0.15) is 23.0 Å². The van der Waals surface area contributed by atoms with Crippen LogP contribution >= 0.6 is 11.3 Å². The zero-order valence-corrected chi connectivity index (χ0v) is 15.5. The van der Waals surface area contributed by atoms with Gasteiger partial charge in [0.15, 0.2) is 16.9 Å². The standard InChI is InChI=1S/C20H19N3O3S/c1-14(18(24)22-16-10-6-3-7-11-16)26-19(25)17-13-27-20(23-17)21-12-15-8-4-2-5-9-15/h2-11,13-14H,12H2,1H3,(H,21,23)(H,22,24)/t14-/m1/s1. The van der Waals surface area contributed by atoms with Crippen LogP contribution in [-0.4, -0.2) is 23.0 Å². The van der Waals surface area contributed by atoms with E-state index in [1.807, 2.05) is 48.5 Å². The summed E-state index contributed by atoms with van der Waals surface area (Å²) in [6.45, 7) is 2.13. The zero-order valence-electron chi connectivity index (χ0n) is 14.7. The van der Waals surface area contributed by atoms with Crippen LogP contribution in [0.25, 0.3) is 0 Å². The Morgan fingerprint density at radius 3 is 2.44 bits per heavy atom. The second-order valence-electron chi connectivity index (χ2n) is 5.78. The largest absolute Gasteiger partial charge is 0.448 e. The lowest BCUT2D eigenvalue weighted by Crippen LogP contribution is -2.30. The molecule has 3 aromatic rings. The molecule has 138 valence electrons. The minimum absolute atomic E-state index is 0.176. The fourth-order valence-corrected chi connectivity index (χ4v) is 2.94. The van der Waals surface area contributed by atoms with Gasteiger partial charge in [0.25, 0.3) is 5.91 Å². The minimum Gasteiger partial charge on any atom is -0.448 e. The highest BCUT2D eigenvalue weighted by Crippen LogP contribution is 2.18. The Labute approximate surface area is 161 Å². The van der Waals surface area contributed by atoms with Crippen LogP contribution in [0.4, 0.5) is 10.8 Å². The number of anilines is 2. The van der Waals surface area contributed by atoms with Crippen LogP contribution in [0.2, 0.25) is 0 Å². The van der Waals surface area contributed by atoms with Crippen molar-refractivity contribution in [3.05, 3.63) is 77.3 Å². The summed E-state index contributed by atoms with van der Waals surface area (Å²) >= 11 is 1.31. The van der Waals surface area contributed by atoms with Gasteiger partial charge >= 0.3 is 5.97 Å². The number of rotatable bonds is 7. The van der Waals surface area contributed by atoms with E-state index in [2.05, 4.69) is 15.6 Å². The number of carbonyl (C=O) groups excluding carboxylic acids is 2. The van der Waals surface area contributed by atoms with Gasteiger partial charge in [0.1, 0.15) is 0 Å². The molecule has 1 atom stereocenters. The maximum Gasteiger partial charge on any atom is 0.358 e. The van der Waals surface area contributed by atoms with E-state index in [4.69, 9.17) is 4.74 Å². The van der Waals surface area contributed by atoms with Crippen LogP contribution in [0, 0.1) is 0 Å². The van der Waals surface area contributed by atoms with Crippen molar-refractivity contribution in [3.8, 4) is 0 Å². The number of carbonyl (C=O) groups is 2. The lowest BCUT2D eigenvalue weighted by Gasteiger charge is -2.12. The molecule has 1 heterocycles. The third-order valence-corrected chi connectivity index (χ3v) is 4.49. The third-order valence-electron chi connectivity index (χ3n) is 3.69. The number of esters is 1. The molecule has 1 aromatic heterocycles. The van der Waals surface area contributed by atoms with Gasteiger partial charge in [-0.15, -0.1) is 11.3 Å². The van der Waals surface area contributed by atoms with Crippen molar-refractivity contribution in [3.63, 3.8) is 0 Å². The van der Waals surface area contributed by atoms with E-state index in [1.165, 1.54) is 18.3 Å². The van der Waals surface area contributed by atoms with E-state index < -0.39 is 18.0 Å². The molecule has 0 aliphatic rings. The molecule has 0 fully saturated rings. The number of amides is 1. The fourth-order valence-electron chi connectivity index (χ4n) is 2.26. The van der Waals surface area contributed by atoms with Gasteiger partial charge in [-0.05, 0) is 24.6 Å². The molecule has 0 unspecified atom stereocenters. The number of nitrogens with zero attached hydrogens (tertiary/aromatic N) is 1. The van der Waals surface area contributed by atoms with E-state index in [1.54, 1.807) is 17.5 Å². The molecule has 6 nitrogen and oxygen atoms in total. The molecule has 27 heavy (non-hydrogen) atoms. The number of hydrogen-bond donors (Lipinski definition) is 2. The summed E-state index contributed by atoms with van der Waals surface area (Å²) < 4.78 is 5.21. The van der Waals surface area contributed by atoms with Gasteiger partial charge in [-0.2, -0.15) is 0 Å². The van der Waals surface area contributed by atoms with Gasteiger partial charge in [-0.25, -0.2) is 9.78 Å². The second-order valence-corrected chi connectivity index (χ2v) is 6.64. The number of benzene rings is 2. The Morgan fingerprint density at radius 2 is 1.74 bits per heavy atom. The Morgan fingerprint density at radius 1 is 1.07 bits per heavy atom. The first-order chi connectivity index (χ1) is 13.1. The highest BCUT2D eigenvalue weighted by molar-refractivity contribution is 7.13. The molecule has 0 spiro atoms. The van der Waals surface area contributed by atoms with E-state index in [0.717, 1.165) is 5.56 Å². The minimum atomic E-state index is -0.930. The second kappa shape index (κ2) is 8.95. The average Bonchev–Trinajstić information content (AvgIpc) is 3.17. The number of nitrogens with one attached hydrogen (secondary N) is 2. The van der Waals surface area contributed by atoms with Crippen LogP contribution in [-0.2, 0) is 16.1 Å². The summed E-state index contributed by atoms with van der Waals surface area (Å²) in [5, 5.41) is 8.09. The first-order valence-corrected chi connectivity index (χ1v) is 9.30. The Balaban J connectivity index is 1.51. The summed E-state index contributed by atoms with van der Waals surface area (Å²) in [5.74, 6) is -1.03. The summed E-state index contributed by atoms with van der Waals surface area (Å²) in [5.41, 5.74) is 1.93. The van der Waals surface area contributed by atoms with E-state index in [-0.39, 0.29) is 5.69 Å². The summed E-state index contributed by atoms with van der Waals surface area (Å²) in [6, 6.07) is 18.9. The fraction of sp³-hybridized carbons (Fsp3) is 0.150. The van der Waals surface area contributed by atoms with Crippen molar-refractivity contribution < 1.29 is 14.3 Å². The Kier molecular flexibility index (Phi) is 6.17. The molecule has 0 aliphatic carbocycles. The summed E-state index contributed by atoms with van der Waals surface area (Å²) in [4.78, 5) is 28.6. The quantitative estimate of drug-likeness (QED) is 0.606. The highest BCUT2D eigenvalue weighted by Gasteiger charge is 2.21. The van der Waals surface area contributed by atoms with E-state index in [9.17, 15) is 9.59 Å². The number of aromatic nitrogens is 1. The zero-order chi connectivity index (χ0) is 19.1. The number of ether oxygens (including phenoxy) is 1. The molecule has 0 saturated carbocycles. The molecule has 0 saturated heterocycles. The van der Waals surface area contributed by atoms with Gasteiger partial charge in [0.05, 0.1) is 0 Å². The van der Waals surface area contributed by atoms with Gasteiger partial charge in [-0.3, -0.25) is 4.79 Å². The molecule has 7 heteroatoms. The first kappa shape index (κ1) is 18.6. The molecule has 0 radical (unpaired) electrons. The van der Waals surface area contributed by atoms with Crippen molar-refractivity contribution >= 4 is 34.0 Å². The maximum absolute atomic E-state index is 12.2. The van der Waals surface area contributed by atoms with Gasteiger partial charge in [0, 0.05) is 17.6 Å². The monoisotopic (exact) mass is 381 g/mol.